The molecule has 3 heteroatoms. The number of rotatable bonds is 3. The number of hydrogen-bond acceptors (Lipinski definition) is 3. The summed E-state index contributed by atoms with van der Waals surface area (Å²) >= 11 is 1.87. The molecule has 1 aliphatic rings. The maximum absolute atomic E-state index is 6.46. The molecule has 0 aliphatic carbocycles. The van der Waals surface area contributed by atoms with Crippen LogP contribution in [0, 0.1) is 0 Å². The van der Waals surface area contributed by atoms with E-state index in [1.807, 2.05) is 11.3 Å². The molecule has 204 valence electrons. The number of fused-ring (bicyclic) bond motifs is 8. The number of furan rings is 1. The van der Waals surface area contributed by atoms with Gasteiger partial charge in [0, 0.05) is 31.3 Å². The van der Waals surface area contributed by atoms with E-state index in [-0.39, 0.29) is 12.1 Å². The fraction of sp³-hybridized carbons (Fsp3) is 0.0500. The van der Waals surface area contributed by atoms with Crippen LogP contribution < -0.4 is 5.32 Å². The van der Waals surface area contributed by atoms with E-state index in [0.717, 1.165) is 27.7 Å². The van der Waals surface area contributed by atoms with Crippen LogP contribution in [0.25, 0.3) is 59.5 Å². The van der Waals surface area contributed by atoms with Crippen molar-refractivity contribution in [2.75, 3.05) is 0 Å². The highest BCUT2D eigenvalue weighted by atomic mass is 32.1. The van der Waals surface area contributed by atoms with Crippen molar-refractivity contribution < 1.29 is 4.42 Å². The van der Waals surface area contributed by atoms with Gasteiger partial charge in [-0.3, -0.25) is 5.32 Å². The van der Waals surface area contributed by atoms with Gasteiger partial charge in [0.25, 0.3) is 0 Å². The standard InChI is InChI=1S/C40H27NOS/c1-24-36-32-13-7-8-14-35(32)43-40(36)39(28-17-15-26(16-18-28)25-9-3-2-4-10-25)41-38(24)29-19-21-31-34(23-29)42-33-22-20-27-11-5-6-12-30(27)37(31)33/h2-23,38-39,41H,1H2. The average molecular weight is 570 g/mol. The van der Waals surface area contributed by atoms with Crippen molar-refractivity contribution in [3.05, 3.63) is 162 Å². The first-order valence-corrected chi connectivity index (χ1v) is 15.5. The van der Waals surface area contributed by atoms with E-state index in [1.54, 1.807) is 0 Å². The SMILES string of the molecule is C=C1c2c(sc3ccccc23)C(c2ccc(-c3ccccc3)cc2)NC1c1ccc2c(c1)oc1ccc3ccccc3c12. The van der Waals surface area contributed by atoms with E-state index in [4.69, 9.17) is 11.0 Å². The molecule has 1 N–H and O–H groups in total. The third-order valence-electron chi connectivity index (χ3n) is 8.96. The molecule has 8 aromatic rings. The molecule has 0 amide bonds. The van der Waals surface area contributed by atoms with E-state index < -0.39 is 0 Å². The Bertz CT molecular complexity index is 2340. The van der Waals surface area contributed by atoms with E-state index in [9.17, 15) is 0 Å². The highest BCUT2D eigenvalue weighted by molar-refractivity contribution is 7.19. The zero-order chi connectivity index (χ0) is 28.5. The summed E-state index contributed by atoms with van der Waals surface area (Å²) in [6.45, 7) is 4.69. The number of nitrogens with one attached hydrogen (secondary N) is 1. The largest absolute Gasteiger partial charge is 0.456 e. The Balaban J connectivity index is 1.18. The summed E-state index contributed by atoms with van der Waals surface area (Å²) in [4.78, 5) is 1.33. The van der Waals surface area contributed by atoms with Gasteiger partial charge in [-0.2, -0.15) is 0 Å². The van der Waals surface area contributed by atoms with E-state index >= 15 is 0 Å². The van der Waals surface area contributed by atoms with Crippen LogP contribution in [0.3, 0.4) is 0 Å². The summed E-state index contributed by atoms with van der Waals surface area (Å²) in [7, 11) is 0. The van der Waals surface area contributed by atoms with Gasteiger partial charge in [-0.25, -0.2) is 0 Å². The van der Waals surface area contributed by atoms with Crippen LogP contribution in [-0.2, 0) is 0 Å². The molecular formula is C40H27NOS. The molecule has 0 spiro atoms. The van der Waals surface area contributed by atoms with Gasteiger partial charge < -0.3 is 4.42 Å². The molecule has 2 unspecified atom stereocenters. The molecule has 43 heavy (non-hydrogen) atoms. The summed E-state index contributed by atoms with van der Waals surface area (Å²) in [5.41, 5.74) is 9.07. The minimum atomic E-state index is -0.0568. The minimum Gasteiger partial charge on any atom is -0.456 e. The predicted molar refractivity (Wildman–Crippen MR) is 182 cm³/mol. The quantitative estimate of drug-likeness (QED) is 0.229. The normalized spacial score (nSPS) is 16.8. The smallest absolute Gasteiger partial charge is 0.136 e. The second-order valence-electron chi connectivity index (χ2n) is 11.4. The summed E-state index contributed by atoms with van der Waals surface area (Å²) in [6.07, 6.45) is 0. The van der Waals surface area contributed by atoms with Gasteiger partial charge in [0.15, 0.2) is 0 Å². The maximum Gasteiger partial charge on any atom is 0.136 e. The van der Waals surface area contributed by atoms with Crippen molar-refractivity contribution in [1.82, 2.24) is 5.32 Å². The molecule has 0 radical (unpaired) electrons. The predicted octanol–water partition coefficient (Wildman–Crippen LogP) is 11.1. The monoisotopic (exact) mass is 569 g/mol. The first kappa shape index (κ1) is 24.6. The third-order valence-corrected chi connectivity index (χ3v) is 10.2. The summed E-state index contributed by atoms with van der Waals surface area (Å²) < 4.78 is 7.76. The van der Waals surface area contributed by atoms with Gasteiger partial charge in [-0.05, 0) is 56.8 Å². The fourth-order valence-electron chi connectivity index (χ4n) is 6.87. The molecule has 3 heterocycles. The van der Waals surface area contributed by atoms with E-state index in [2.05, 4.69) is 139 Å². The van der Waals surface area contributed by atoms with Gasteiger partial charge in [0.05, 0.1) is 12.1 Å². The summed E-state index contributed by atoms with van der Waals surface area (Å²) in [5.74, 6) is 0. The Morgan fingerprint density at radius 1 is 0.581 bits per heavy atom. The maximum atomic E-state index is 6.46. The van der Waals surface area contributed by atoms with Crippen molar-refractivity contribution in [3.8, 4) is 11.1 Å². The summed E-state index contributed by atoms with van der Waals surface area (Å²) in [5, 5.41) is 10.1. The second-order valence-corrected chi connectivity index (χ2v) is 12.5. The number of hydrogen-bond donors (Lipinski definition) is 1. The van der Waals surface area contributed by atoms with E-state index in [0.29, 0.717) is 0 Å². The van der Waals surface area contributed by atoms with Crippen LogP contribution >= 0.6 is 11.3 Å². The van der Waals surface area contributed by atoms with Crippen molar-refractivity contribution in [2.24, 2.45) is 0 Å². The lowest BCUT2D eigenvalue weighted by Gasteiger charge is -2.34. The molecule has 1 aliphatic heterocycles. The van der Waals surface area contributed by atoms with Gasteiger partial charge in [0.2, 0.25) is 0 Å². The Morgan fingerprint density at radius 3 is 2.16 bits per heavy atom. The molecule has 0 saturated carbocycles. The Morgan fingerprint density at radius 2 is 1.30 bits per heavy atom. The zero-order valence-corrected chi connectivity index (χ0v) is 24.2. The Hall–Kier alpha value is -4.96. The van der Waals surface area contributed by atoms with Crippen LogP contribution in [0.4, 0.5) is 0 Å². The topological polar surface area (TPSA) is 25.2 Å². The van der Waals surface area contributed by atoms with Gasteiger partial charge >= 0.3 is 0 Å². The first-order valence-electron chi connectivity index (χ1n) is 14.7. The lowest BCUT2D eigenvalue weighted by Crippen LogP contribution is -2.32. The summed E-state index contributed by atoms with van der Waals surface area (Å²) in [6, 6.07) is 47.7. The van der Waals surface area contributed by atoms with Crippen molar-refractivity contribution in [2.45, 2.75) is 12.1 Å². The second kappa shape index (κ2) is 9.53. The zero-order valence-electron chi connectivity index (χ0n) is 23.4. The third kappa shape index (κ3) is 3.82. The minimum absolute atomic E-state index is 0.0445. The molecule has 0 fully saturated rings. The van der Waals surface area contributed by atoms with Gasteiger partial charge in [-0.1, -0.05) is 122 Å². The van der Waals surface area contributed by atoms with Crippen LogP contribution in [0.2, 0.25) is 0 Å². The first-order chi connectivity index (χ1) is 21.2. The van der Waals surface area contributed by atoms with Crippen molar-refractivity contribution in [3.63, 3.8) is 0 Å². The van der Waals surface area contributed by atoms with Crippen LogP contribution in [0.15, 0.2) is 144 Å². The molecule has 2 aromatic heterocycles. The number of benzene rings is 6. The highest BCUT2D eigenvalue weighted by Crippen LogP contribution is 2.49. The Kier molecular flexibility index (Phi) is 5.46. The lowest BCUT2D eigenvalue weighted by molar-refractivity contribution is 0.551. The molecule has 6 aromatic carbocycles. The molecule has 2 nitrogen and oxygen atoms in total. The lowest BCUT2D eigenvalue weighted by atomic mass is 9.84. The van der Waals surface area contributed by atoms with Crippen molar-refractivity contribution >= 4 is 59.7 Å². The van der Waals surface area contributed by atoms with Crippen LogP contribution in [-0.4, -0.2) is 0 Å². The number of thiophene rings is 1. The highest BCUT2D eigenvalue weighted by Gasteiger charge is 2.34. The molecule has 2 atom stereocenters. The molecule has 0 bridgehead atoms. The van der Waals surface area contributed by atoms with Gasteiger partial charge in [0.1, 0.15) is 11.2 Å². The van der Waals surface area contributed by atoms with Crippen molar-refractivity contribution in [1.29, 1.82) is 0 Å². The Labute approximate surface area is 253 Å². The molecule has 9 rings (SSSR count). The van der Waals surface area contributed by atoms with Crippen LogP contribution in [0.1, 0.15) is 33.7 Å². The fourth-order valence-corrected chi connectivity index (χ4v) is 8.20. The van der Waals surface area contributed by atoms with E-state index in [1.165, 1.54) is 53.4 Å². The molecular weight excluding hydrogens is 543 g/mol. The van der Waals surface area contributed by atoms with Crippen LogP contribution in [0.5, 0.6) is 0 Å². The van der Waals surface area contributed by atoms with Gasteiger partial charge in [-0.15, -0.1) is 11.3 Å². The average Bonchev–Trinajstić information content (AvgIpc) is 3.64. The molecule has 0 saturated heterocycles.